The third-order valence-corrected chi connectivity index (χ3v) is 3.62. The molecule has 0 saturated carbocycles. The number of aromatic nitrogens is 2. The number of nitrogens with one attached hydrogen (secondary N) is 2. The first-order valence-electron chi connectivity index (χ1n) is 8.50. The number of ether oxygens (including phenoxy) is 3. The van der Waals surface area contributed by atoms with Gasteiger partial charge in [-0.1, -0.05) is 0 Å². The van der Waals surface area contributed by atoms with Crippen molar-refractivity contribution in [1.29, 1.82) is 0 Å². The summed E-state index contributed by atoms with van der Waals surface area (Å²) >= 11 is 0. The zero-order valence-corrected chi connectivity index (χ0v) is 15.6. The van der Waals surface area contributed by atoms with Crippen molar-refractivity contribution in [3.8, 4) is 6.01 Å². The average molecular weight is 366 g/mol. The van der Waals surface area contributed by atoms with Crippen LogP contribution in [0.3, 0.4) is 0 Å². The number of carbonyl (C=O) groups is 2. The van der Waals surface area contributed by atoms with Crippen molar-refractivity contribution in [3.63, 3.8) is 0 Å². The third kappa shape index (κ3) is 6.47. The smallest absolute Gasteiger partial charge is 0.407 e. The molecule has 2 rings (SSSR count). The van der Waals surface area contributed by atoms with Crippen LogP contribution in [0, 0.1) is 0 Å². The number of methoxy groups -OCH3 is 1. The molecular weight excluding hydrogens is 340 g/mol. The molecule has 144 valence electrons. The maximum atomic E-state index is 12.2. The van der Waals surface area contributed by atoms with Crippen molar-refractivity contribution < 1.29 is 23.8 Å². The Bertz CT molecular complexity index is 607. The topological polar surface area (TPSA) is 112 Å². The van der Waals surface area contributed by atoms with E-state index in [9.17, 15) is 9.59 Å². The maximum Gasteiger partial charge on any atom is 0.407 e. The van der Waals surface area contributed by atoms with Gasteiger partial charge in [0.2, 0.25) is 5.91 Å². The summed E-state index contributed by atoms with van der Waals surface area (Å²) in [5.74, 6) is -0.198. The summed E-state index contributed by atoms with van der Waals surface area (Å²) in [4.78, 5) is 31.9. The summed E-state index contributed by atoms with van der Waals surface area (Å²) < 4.78 is 15.7. The molecule has 9 nitrogen and oxygen atoms in total. The molecule has 2 atom stereocenters. The van der Waals surface area contributed by atoms with Crippen molar-refractivity contribution in [1.82, 2.24) is 20.6 Å². The summed E-state index contributed by atoms with van der Waals surface area (Å²) in [5, 5.41) is 5.55. The molecule has 0 radical (unpaired) electrons. The van der Waals surface area contributed by atoms with E-state index in [0.29, 0.717) is 19.4 Å². The highest BCUT2D eigenvalue weighted by molar-refractivity contribution is 5.80. The van der Waals surface area contributed by atoms with E-state index >= 15 is 0 Å². The van der Waals surface area contributed by atoms with Crippen molar-refractivity contribution >= 4 is 12.0 Å². The van der Waals surface area contributed by atoms with Gasteiger partial charge < -0.3 is 24.8 Å². The Balaban J connectivity index is 1.71. The van der Waals surface area contributed by atoms with Crippen LogP contribution in [-0.4, -0.2) is 53.4 Å². The van der Waals surface area contributed by atoms with Crippen LogP contribution in [0.4, 0.5) is 4.79 Å². The van der Waals surface area contributed by atoms with Crippen LogP contribution in [0.15, 0.2) is 12.4 Å². The zero-order valence-electron chi connectivity index (χ0n) is 15.6. The normalized spacial score (nSPS) is 20.2. The van der Waals surface area contributed by atoms with Crippen LogP contribution in [0.2, 0.25) is 0 Å². The fourth-order valence-corrected chi connectivity index (χ4v) is 2.39. The van der Waals surface area contributed by atoms with Gasteiger partial charge >= 0.3 is 12.1 Å². The van der Waals surface area contributed by atoms with E-state index in [2.05, 4.69) is 20.6 Å². The van der Waals surface area contributed by atoms with Gasteiger partial charge in [-0.3, -0.25) is 4.79 Å². The molecule has 9 heteroatoms. The standard InChI is InChI=1S/C17H26N4O5/c1-17(2,3)26-16(23)21-12-5-6-13(25-10-12)14(22)18-7-11-8-19-15(24-4)20-9-11/h8-9,12-13H,5-7,10H2,1-4H3,(H,18,22)(H,21,23)/t12-,13+/m1/s1. The fourth-order valence-electron chi connectivity index (χ4n) is 2.39. The maximum absolute atomic E-state index is 12.2. The molecule has 0 bridgehead atoms. The van der Waals surface area contributed by atoms with Crippen molar-refractivity contribution in [2.75, 3.05) is 13.7 Å². The molecule has 1 aliphatic rings. The van der Waals surface area contributed by atoms with Gasteiger partial charge in [0.25, 0.3) is 0 Å². The number of alkyl carbamates (subject to hydrolysis) is 1. The minimum Gasteiger partial charge on any atom is -0.467 e. The predicted molar refractivity (Wildman–Crippen MR) is 92.6 cm³/mol. The Morgan fingerprint density at radius 1 is 1.27 bits per heavy atom. The Kier molecular flexibility index (Phi) is 6.73. The molecule has 1 aromatic rings. The van der Waals surface area contributed by atoms with Crippen LogP contribution >= 0.6 is 0 Å². The second kappa shape index (κ2) is 8.79. The number of carbonyl (C=O) groups excluding carboxylic acids is 2. The number of hydrogen-bond acceptors (Lipinski definition) is 7. The van der Waals surface area contributed by atoms with Crippen molar-refractivity contribution in [2.24, 2.45) is 0 Å². The first-order chi connectivity index (χ1) is 12.3. The first-order valence-corrected chi connectivity index (χ1v) is 8.50. The van der Waals surface area contributed by atoms with Crippen LogP contribution in [0.5, 0.6) is 6.01 Å². The second-order valence-corrected chi connectivity index (χ2v) is 7.04. The van der Waals surface area contributed by atoms with Crippen LogP contribution in [0.25, 0.3) is 0 Å². The molecule has 0 unspecified atom stereocenters. The van der Waals surface area contributed by atoms with Crippen LogP contribution in [-0.2, 0) is 20.8 Å². The highest BCUT2D eigenvalue weighted by Gasteiger charge is 2.28. The van der Waals surface area contributed by atoms with Crippen LogP contribution < -0.4 is 15.4 Å². The van der Waals surface area contributed by atoms with E-state index in [-0.39, 0.29) is 24.6 Å². The van der Waals surface area contributed by atoms with Crippen molar-refractivity contribution in [2.45, 2.75) is 57.9 Å². The Hall–Kier alpha value is -2.42. The van der Waals surface area contributed by atoms with E-state index in [1.165, 1.54) is 7.11 Å². The summed E-state index contributed by atoms with van der Waals surface area (Å²) in [6, 6.07) is 0.114. The molecular formula is C17H26N4O5. The number of rotatable bonds is 5. The summed E-state index contributed by atoms with van der Waals surface area (Å²) in [5.41, 5.74) is 0.215. The van der Waals surface area contributed by atoms with Gasteiger partial charge in [-0.05, 0) is 33.6 Å². The molecule has 1 fully saturated rings. The molecule has 0 aromatic carbocycles. The minimum atomic E-state index is -0.548. The molecule has 1 aromatic heterocycles. The number of amides is 2. The Labute approximate surface area is 152 Å². The van der Waals surface area contributed by atoms with Gasteiger partial charge in [0.15, 0.2) is 0 Å². The molecule has 2 heterocycles. The van der Waals surface area contributed by atoms with Gasteiger partial charge in [-0.2, -0.15) is 0 Å². The van der Waals surface area contributed by atoms with E-state index < -0.39 is 17.8 Å². The largest absolute Gasteiger partial charge is 0.467 e. The molecule has 0 aliphatic carbocycles. The minimum absolute atomic E-state index is 0.163. The lowest BCUT2D eigenvalue weighted by Crippen LogP contribution is -2.48. The number of hydrogen-bond donors (Lipinski definition) is 2. The van der Waals surface area contributed by atoms with Crippen molar-refractivity contribution in [3.05, 3.63) is 18.0 Å². The second-order valence-electron chi connectivity index (χ2n) is 7.04. The number of nitrogens with zero attached hydrogens (tertiary/aromatic N) is 2. The fraction of sp³-hybridized carbons (Fsp3) is 0.647. The third-order valence-electron chi connectivity index (χ3n) is 3.62. The quantitative estimate of drug-likeness (QED) is 0.804. The summed E-state index contributed by atoms with van der Waals surface area (Å²) in [6.07, 6.45) is 3.33. The van der Waals surface area contributed by atoms with Gasteiger partial charge in [-0.15, -0.1) is 0 Å². The van der Waals surface area contributed by atoms with E-state index in [1.54, 1.807) is 33.2 Å². The summed E-state index contributed by atoms with van der Waals surface area (Å²) in [7, 11) is 1.49. The van der Waals surface area contributed by atoms with E-state index in [0.717, 1.165) is 5.56 Å². The first kappa shape index (κ1) is 19.9. The molecule has 0 spiro atoms. The van der Waals surface area contributed by atoms with Gasteiger partial charge in [0.1, 0.15) is 11.7 Å². The van der Waals surface area contributed by atoms with Gasteiger partial charge in [-0.25, -0.2) is 14.8 Å². The highest BCUT2D eigenvalue weighted by atomic mass is 16.6. The Morgan fingerprint density at radius 3 is 2.50 bits per heavy atom. The molecule has 26 heavy (non-hydrogen) atoms. The lowest BCUT2D eigenvalue weighted by molar-refractivity contribution is -0.136. The molecule has 2 amide bonds. The monoisotopic (exact) mass is 366 g/mol. The lowest BCUT2D eigenvalue weighted by atomic mass is 10.0. The average Bonchev–Trinajstić information content (AvgIpc) is 2.59. The van der Waals surface area contributed by atoms with Crippen LogP contribution in [0.1, 0.15) is 39.2 Å². The Morgan fingerprint density at radius 2 is 1.96 bits per heavy atom. The van der Waals surface area contributed by atoms with E-state index in [4.69, 9.17) is 14.2 Å². The molecule has 2 N–H and O–H groups in total. The highest BCUT2D eigenvalue weighted by Crippen LogP contribution is 2.15. The predicted octanol–water partition coefficient (Wildman–Crippen LogP) is 1.17. The zero-order chi connectivity index (χ0) is 19.2. The SMILES string of the molecule is COc1ncc(CNC(=O)[C@@H]2CC[C@@H](NC(=O)OC(C)(C)C)CO2)cn1. The molecule has 1 saturated heterocycles. The van der Waals surface area contributed by atoms with Gasteiger partial charge in [0.05, 0.1) is 19.8 Å². The molecule has 1 aliphatic heterocycles. The van der Waals surface area contributed by atoms with Gasteiger partial charge in [0, 0.05) is 24.5 Å². The van der Waals surface area contributed by atoms with E-state index in [1.807, 2.05) is 0 Å². The summed E-state index contributed by atoms with van der Waals surface area (Å²) in [6.45, 7) is 5.99. The lowest BCUT2D eigenvalue weighted by Gasteiger charge is -2.29.